The van der Waals surface area contributed by atoms with Crippen molar-refractivity contribution in [2.75, 3.05) is 0 Å². The van der Waals surface area contributed by atoms with Crippen LogP contribution in [0.1, 0.15) is 47.5 Å². The number of Topliss-reactive ketones (excluding diaryl/α,β-unsaturated/α-hetero) is 1. The SMILES string of the molecule is CC1=C2CC(C)(C)/C=C/[C@H](OC(=S)Sc3ccccc3)/C(C)=C\C3=C[C@H](C)C[C@]3(O2)C1=O. The van der Waals surface area contributed by atoms with Gasteiger partial charge in [-0.1, -0.05) is 57.2 Å². The summed E-state index contributed by atoms with van der Waals surface area (Å²) >= 11 is 7.01. The first-order valence-corrected chi connectivity index (χ1v) is 12.3. The number of thiocarbonyl (C=S) groups is 1. The summed E-state index contributed by atoms with van der Waals surface area (Å²) < 4.78 is 13.2. The number of fused-ring (bicyclic) bond motifs is 1. The van der Waals surface area contributed by atoms with Crippen LogP contribution in [-0.2, 0) is 14.3 Å². The molecule has 3 aliphatic rings. The molecule has 2 aliphatic heterocycles. The summed E-state index contributed by atoms with van der Waals surface area (Å²) in [5.41, 5.74) is 1.59. The van der Waals surface area contributed by atoms with Gasteiger partial charge in [0, 0.05) is 23.3 Å². The smallest absolute Gasteiger partial charge is 0.225 e. The molecule has 1 aliphatic carbocycles. The van der Waals surface area contributed by atoms with Gasteiger partial charge in [-0.2, -0.15) is 0 Å². The maximum absolute atomic E-state index is 13.4. The topological polar surface area (TPSA) is 35.5 Å². The molecule has 0 amide bonds. The Morgan fingerprint density at radius 2 is 1.94 bits per heavy atom. The van der Waals surface area contributed by atoms with E-state index in [-0.39, 0.29) is 23.2 Å². The van der Waals surface area contributed by atoms with Crippen LogP contribution in [0, 0.1) is 11.3 Å². The van der Waals surface area contributed by atoms with Crippen LogP contribution in [0.15, 0.2) is 82.0 Å². The zero-order chi connectivity index (χ0) is 23.1. The van der Waals surface area contributed by atoms with Crippen LogP contribution in [0.4, 0.5) is 0 Å². The van der Waals surface area contributed by atoms with E-state index in [9.17, 15) is 4.79 Å². The van der Waals surface area contributed by atoms with Gasteiger partial charge < -0.3 is 9.47 Å². The van der Waals surface area contributed by atoms with Crippen molar-refractivity contribution in [2.24, 2.45) is 11.3 Å². The highest BCUT2D eigenvalue weighted by atomic mass is 32.2. The van der Waals surface area contributed by atoms with Gasteiger partial charge in [0.25, 0.3) is 0 Å². The number of allylic oxidation sites excluding steroid dienone is 3. The largest absolute Gasteiger partial charge is 0.478 e. The second-order valence-electron chi connectivity index (χ2n) is 9.73. The van der Waals surface area contributed by atoms with E-state index in [0.717, 1.165) is 27.4 Å². The molecule has 2 heterocycles. The molecule has 3 atom stereocenters. The Balaban J connectivity index is 1.69. The lowest BCUT2D eigenvalue weighted by Gasteiger charge is -2.28. The van der Waals surface area contributed by atoms with E-state index in [0.29, 0.717) is 17.2 Å². The molecule has 2 bridgehead atoms. The van der Waals surface area contributed by atoms with Crippen molar-refractivity contribution in [1.29, 1.82) is 0 Å². The molecule has 0 unspecified atom stereocenters. The second kappa shape index (κ2) is 8.68. The Labute approximate surface area is 200 Å². The van der Waals surface area contributed by atoms with Crippen molar-refractivity contribution in [3.63, 3.8) is 0 Å². The fourth-order valence-electron chi connectivity index (χ4n) is 4.64. The molecule has 168 valence electrons. The van der Waals surface area contributed by atoms with E-state index in [2.05, 4.69) is 45.1 Å². The van der Waals surface area contributed by atoms with E-state index >= 15 is 0 Å². The fraction of sp³-hybridized carbons (Fsp3) is 0.407. The van der Waals surface area contributed by atoms with Crippen molar-refractivity contribution in [2.45, 2.75) is 64.1 Å². The van der Waals surface area contributed by atoms with Gasteiger partial charge >= 0.3 is 0 Å². The standard InChI is InChI=1S/C27H30O3S2/c1-17-13-20-14-18(2)22(29-25(31)32-21-9-7-6-8-10-21)11-12-26(4,5)16-23-19(3)24(28)27(20,15-17)30-23/h6-14,17,22H,15-16H2,1-5H3/b12-11+,18-14-/t17-,22-,27+/m0/s1. The van der Waals surface area contributed by atoms with Gasteiger partial charge in [-0.05, 0) is 78.5 Å². The lowest BCUT2D eigenvalue weighted by molar-refractivity contribution is -0.127. The molecule has 5 heteroatoms. The molecule has 1 aromatic rings. The number of rotatable bonds is 2. The minimum atomic E-state index is -0.898. The minimum Gasteiger partial charge on any atom is -0.478 e. The van der Waals surface area contributed by atoms with Gasteiger partial charge in [-0.15, -0.1) is 0 Å². The molecule has 32 heavy (non-hydrogen) atoms. The zero-order valence-corrected chi connectivity index (χ0v) is 20.9. The highest BCUT2D eigenvalue weighted by Gasteiger charge is 2.53. The first-order chi connectivity index (χ1) is 15.1. The van der Waals surface area contributed by atoms with Crippen LogP contribution in [-0.4, -0.2) is 21.9 Å². The Kier molecular flexibility index (Phi) is 6.25. The summed E-state index contributed by atoms with van der Waals surface area (Å²) in [6, 6.07) is 9.99. The average molecular weight is 467 g/mol. The average Bonchev–Trinajstić information content (AvgIpc) is 3.15. The Morgan fingerprint density at radius 1 is 1.22 bits per heavy atom. The zero-order valence-electron chi connectivity index (χ0n) is 19.3. The molecule has 0 saturated carbocycles. The van der Waals surface area contributed by atoms with Crippen molar-refractivity contribution < 1.29 is 14.3 Å². The van der Waals surface area contributed by atoms with Crippen molar-refractivity contribution in [1.82, 2.24) is 0 Å². The summed E-state index contributed by atoms with van der Waals surface area (Å²) in [5.74, 6) is 1.18. The fourth-order valence-corrected chi connectivity index (χ4v) is 5.67. The van der Waals surface area contributed by atoms with Gasteiger partial charge in [0.15, 0.2) is 5.60 Å². The number of carbonyl (C=O) groups is 1. The van der Waals surface area contributed by atoms with Gasteiger partial charge in [0.05, 0.1) is 0 Å². The van der Waals surface area contributed by atoms with E-state index in [1.165, 1.54) is 11.8 Å². The Morgan fingerprint density at radius 3 is 2.66 bits per heavy atom. The monoisotopic (exact) mass is 466 g/mol. The van der Waals surface area contributed by atoms with E-state index in [1.54, 1.807) is 0 Å². The van der Waals surface area contributed by atoms with Crippen LogP contribution in [0.5, 0.6) is 0 Å². The molecule has 0 aromatic heterocycles. The predicted molar refractivity (Wildman–Crippen MR) is 134 cm³/mol. The molecular weight excluding hydrogens is 436 g/mol. The Bertz CT molecular complexity index is 1060. The molecule has 0 N–H and O–H groups in total. The summed E-state index contributed by atoms with van der Waals surface area (Å²) in [6.07, 6.45) is 9.51. The summed E-state index contributed by atoms with van der Waals surface area (Å²) in [5, 5.41) is 0. The second-order valence-corrected chi connectivity index (χ2v) is 11.4. The molecule has 1 spiro atoms. The van der Waals surface area contributed by atoms with Crippen LogP contribution in [0.2, 0.25) is 0 Å². The molecule has 4 rings (SSSR count). The number of hydrogen-bond acceptors (Lipinski definition) is 5. The molecule has 0 radical (unpaired) electrons. The highest BCUT2D eigenvalue weighted by molar-refractivity contribution is 8.22. The summed E-state index contributed by atoms with van der Waals surface area (Å²) in [6.45, 7) is 10.4. The van der Waals surface area contributed by atoms with Crippen molar-refractivity contribution in [3.8, 4) is 0 Å². The minimum absolute atomic E-state index is 0.0973. The molecule has 1 aromatic carbocycles. The summed E-state index contributed by atoms with van der Waals surface area (Å²) in [4.78, 5) is 14.5. The number of carbonyl (C=O) groups excluding carboxylic acids is 1. The molecule has 0 fully saturated rings. The van der Waals surface area contributed by atoms with E-state index in [4.69, 9.17) is 21.7 Å². The lowest BCUT2D eigenvalue weighted by atomic mass is 9.84. The first kappa shape index (κ1) is 23.1. The van der Waals surface area contributed by atoms with Crippen LogP contribution in [0.25, 0.3) is 0 Å². The van der Waals surface area contributed by atoms with Gasteiger partial charge in [-0.25, -0.2) is 0 Å². The normalized spacial score (nSPS) is 31.6. The summed E-state index contributed by atoms with van der Waals surface area (Å²) in [7, 11) is 0. The number of ketones is 1. The Hall–Kier alpha value is -2.11. The number of benzene rings is 1. The number of thioether (sulfide) groups is 1. The van der Waals surface area contributed by atoms with Crippen molar-refractivity contribution in [3.05, 3.63) is 77.1 Å². The highest BCUT2D eigenvalue weighted by Crippen LogP contribution is 2.49. The van der Waals surface area contributed by atoms with Crippen LogP contribution < -0.4 is 0 Å². The quantitative estimate of drug-likeness (QED) is 0.267. The predicted octanol–water partition coefficient (Wildman–Crippen LogP) is 6.96. The van der Waals surface area contributed by atoms with E-state index < -0.39 is 5.60 Å². The maximum atomic E-state index is 13.4. The van der Waals surface area contributed by atoms with Gasteiger partial charge in [-0.3, -0.25) is 4.79 Å². The van der Waals surface area contributed by atoms with E-state index in [1.807, 2.05) is 44.2 Å². The lowest BCUT2D eigenvalue weighted by Crippen LogP contribution is -2.37. The maximum Gasteiger partial charge on any atom is 0.225 e. The van der Waals surface area contributed by atoms with Gasteiger partial charge in [0.2, 0.25) is 10.2 Å². The van der Waals surface area contributed by atoms with Crippen LogP contribution >= 0.6 is 24.0 Å². The third-order valence-corrected chi connectivity index (χ3v) is 7.42. The molecule has 0 saturated heterocycles. The van der Waals surface area contributed by atoms with Crippen molar-refractivity contribution >= 4 is 34.1 Å². The third-order valence-electron chi connectivity index (χ3n) is 6.30. The third kappa shape index (κ3) is 4.51. The van der Waals surface area contributed by atoms with Crippen LogP contribution in [0.3, 0.4) is 0 Å². The number of hydrogen-bond donors (Lipinski definition) is 0. The molecule has 3 nitrogen and oxygen atoms in total. The molecular formula is C27H30O3S2. The van der Waals surface area contributed by atoms with Gasteiger partial charge in [0.1, 0.15) is 11.9 Å². The number of ether oxygens (including phenoxy) is 2. The first-order valence-electron chi connectivity index (χ1n) is 11.1.